The summed E-state index contributed by atoms with van der Waals surface area (Å²) < 4.78 is 15.0. The van der Waals surface area contributed by atoms with Gasteiger partial charge in [0.25, 0.3) is 0 Å². The van der Waals surface area contributed by atoms with E-state index in [4.69, 9.17) is 0 Å². The van der Waals surface area contributed by atoms with Gasteiger partial charge in [0.1, 0.15) is 11.6 Å². The number of aliphatic hydroxyl groups excluding tert-OH is 1. The highest BCUT2D eigenvalue weighted by molar-refractivity contribution is 5.55. The van der Waals surface area contributed by atoms with E-state index < -0.39 is 0 Å². The normalized spacial score (nSPS) is 19.1. The third-order valence-electron chi connectivity index (χ3n) is 3.00. The van der Waals surface area contributed by atoms with E-state index >= 15 is 0 Å². The summed E-state index contributed by atoms with van der Waals surface area (Å²) in [5, 5.41) is 17.8. The van der Waals surface area contributed by atoms with Crippen molar-refractivity contribution in [2.45, 2.75) is 25.5 Å². The molecule has 0 spiro atoms. The average Bonchev–Trinajstić information content (AvgIpc) is 2.71. The molecule has 0 bridgehead atoms. The Kier molecular flexibility index (Phi) is 2.40. The molecule has 3 rings (SSSR count). The molecular weight excluding hydrogens is 221 g/mol. The van der Waals surface area contributed by atoms with Crippen molar-refractivity contribution in [1.29, 1.82) is 0 Å². The molecule has 0 aliphatic carbocycles. The van der Waals surface area contributed by atoms with E-state index in [0.717, 1.165) is 5.82 Å². The first-order valence-electron chi connectivity index (χ1n) is 5.60. The first kappa shape index (κ1) is 10.4. The molecule has 0 radical (unpaired) electrons. The predicted octanol–water partition coefficient (Wildman–Crippen LogP) is 1.39. The lowest BCUT2D eigenvalue weighted by Crippen LogP contribution is -2.24. The predicted molar refractivity (Wildman–Crippen MR) is 59.7 cm³/mol. The molecule has 0 amide bonds. The second-order valence-corrected chi connectivity index (χ2v) is 4.25. The largest absolute Gasteiger partial charge is 0.391 e. The van der Waals surface area contributed by atoms with Gasteiger partial charge in [0.2, 0.25) is 0 Å². The van der Waals surface area contributed by atoms with Crippen LogP contribution >= 0.6 is 0 Å². The van der Waals surface area contributed by atoms with Crippen molar-refractivity contribution in [3.63, 3.8) is 0 Å². The number of fused-ring (bicyclic) bond motifs is 1. The van der Waals surface area contributed by atoms with Crippen LogP contribution in [0, 0.1) is 5.82 Å². The van der Waals surface area contributed by atoms with Gasteiger partial charge in [-0.1, -0.05) is 12.1 Å². The van der Waals surface area contributed by atoms with E-state index in [1.165, 1.54) is 12.1 Å². The fourth-order valence-corrected chi connectivity index (χ4v) is 2.15. The number of hydrogen-bond donors (Lipinski definition) is 1. The summed E-state index contributed by atoms with van der Waals surface area (Å²) in [4.78, 5) is 0. The highest BCUT2D eigenvalue weighted by atomic mass is 19.1. The van der Waals surface area contributed by atoms with Gasteiger partial charge in [0.05, 0.1) is 12.6 Å². The van der Waals surface area contributed by atoms with Crippen LogP contribution in [0.3, 0.4) is 0 Å². The van der Waals surface area contributed by atoms with Gasteiger partial charge in [-0.2, -0.15) is 0 Å². The molecule has 0 saturated heterocycles. The van der Waals surface area contributed by atoms with Crippen molar-refractivity contribution < 1.29 is 9.50 Å². The standard InChI is InChI=1S/C12H12FN3O/c13-9-3-1-2-8(6-9)12-15-14-11-5-4-10(17)7-16(11)12/h1-3,6,10,17H,4-5,7H2. The van der Waals surface area contributed by atoms with E-state index in [1.807, 2.05) is 4.57 Å². The van der Waals surface area contributed by atoms with Crippen molar-refractivity contribution in [2.24, 2.45) is 0 Å². The zero-order valence-electron chi connectivity index (χ0n) is 9.17. The highest BCUT2D eigenvalue weighted by Crippen LogP contribution is 2.23. The van der Waals surface area contributed by atoms with Crippen LogP contribution in [-0.2, 0) is 13.0 Å². The SMILES string of the molecule is OC1CCc2nnc(-c3cccc(F)c3)n2C1. The number of halogens is 1. The molecule has 1 aliphatic rings. The Labute approximate surface area is 97.7 Å². The monoisotopic (exact) mass is 233 g/mol. The average molecular weight is 233 g/mol. The van der Waals surface area contributed by atoms with Gasteiger partial charge in [-0.25, -0.2) is 4.39 Å². The minimum absolute atomic E-state index is 0.295. The molecule has 1 N–H and O–H groups in total. The van der Waals surface area contributed by atoms with Crippen LogP contribution in [0.4, 0.5) is 4.39 Å². The van der Waals surface area contributed by atoms with Gasteiger partial charge in [0.15, 0.2) is 5.82 Å². The Morgan fingerprint density at radius 1 is 1.35 bits per heavy atom. The van der Waals surface area contributed by atoms with Crippen molar-refractivity contribution in [3.05, 3.63) is 35.9 Å². The van der Waals surface area contributed by atoms with Gasteiger partial charge >= 0.3 is 0 Å². The van der Waals surface area contributed by atoms with Crippen LogP contribution in [-0.4, -0.2) is 26.0 Å². The minimum Gasteiger partial charge on any atom is -0.391 e. The Hall–Kier alpha value is -1.75. The second kappa shape index (κ2) is 3.92. The van der Waals surface area contributed by atoms with Crippen molar-refractivity contribution in [2.75, 3.05) is 0 Å². The molecule has 0 saturated carbocycles. The van der Waals surface area contributed by atoms with Gasteiger partial charge in [-0.05, 0) is 18.6 Å². The van der Waals surface area contributed by atoms with Gasteiger partial charge < -0.3 is 9.67 Å². The van der Waals surface area contributed by atoms with E-state index in [1.54, 1.807) is 12.1 Å². The zero-order chi connectivity index (χ0) is 11.8. The molecule has 0 fully saturated rings. The maximum atomic E-state index is 13.2. The molecule has 1 aromatic carbocycles. The van der Waals surface area contributed by atoms with Crippen molar-refractivity contribution in [1.82, 2.24) is 14.8 Å². The van der Waals surface area contributed by atoms with Gasteiger partial charge in [0, 0.05) is 12.0 Å². The van der Waals surface area contributed by atoms with Crippen molar-refractivity contribution in [3.8, 4) is 11.4 Å². The second-order valence-electron chi connectivity index (χ2n) is 4.25. The fourth-order valence-electron chi connectivity index (χ4n) is 2.15. The molecule has 1 aromatic heterocycles. The first-order valence-corrected chi connectivity index (χ1v) is 5.60. The number of nitrogens with zero attached hydrogens (tertiary/aromatic N) is 3. The quantitative estimate of drug-likeness (QED) is 0.809. The lowest BCUT2D eigenvalue weighted by molar-refractivity contribution is 0.131. The Balaban J connectivity index is 2.07. The highest BCUT2D eigenvalue weighted by Gasteiger charge is 2.21. The molecular formula is C12H12FN3O. The summed E-state index contributed by atoms with van der Waals surface area (Å²) >= 11 is 0. The number of aryl methyl sites for hydroxylation is 1. The van der Waals surface area contributed by atoms with Crippen LogP contribution in [0.15, 0.2) is 24.3 Å². The summed E-state index contributed by atoms with van der Waals surface area (Å²) in [6.45, 7) is 0.480. The molecule has 2 heterocycles. The number of aliphatic hydroxyl groups is 1. The lowest BCUT2D eigenvalue weighted by Gasteiger charge is -2.19. The van der Waals surface area contributed by atoms with E-state index in [0.29, 0.717) is 30.8 Å². The number of hydrogen-bond acceptors (Lipinski definition) is 3. The molecule has 1 aliphatic heterocycles. The van der Waals surface area contributed by atoms with Crippen molar-refractivity contribution >= 4 is 0 Å². The lowest BCUT2D eigenvalue weighted by atomic mass is 10.1. The summed E-state index contributed by atoms with van der Waals surface area (Å²) in [6, 6.07) is 6.26. The van der Waals surface area contributed by atoms with Crippen LogP contribution in [0.25, 0.3) is 11.4 Å². The molecule has 4 nitrogen and oxygen atoms in total. The smallest absolute Gasteiger partial charge is 0.164 e. The van der Waals surface area contributed by atoms with Crippen LogP contribution in [0.1, 0.15) is 12.2 Å². The molecule has 2 aromatic rings. The molecule has 88 valence electrons. The van der Waals surface area contributed by atoms with E-state index in [-0.39, 0.29) is 11.9 Å². The van der Waals surface area contributed by atoms with E-state index in [9.17, 15) is 9.50 Å². The maximum absolute atomic E-state index is 13.2. The summed E-state index contributed by atoms with van der Waals surface area (Å²) in [6.07, 6.45) is 1.05. The third kappa shape index (κ3) is 1.82. The van der Waals surface area contributed by atoms with Crippen LogP contribution in [0.5, 0.6) is 0 Å². The maximum Gasteiger partial charge on any atom is 0.164 e. The number of aromatic nitrogens is 3. The minimum atomic E-state index is -0.370. The molecule has 17 heavy (non-hydrogen) atoms. The fraction of sp³-hybridized carbons (Fsp3) is 0.333. The van der Waals surface area contributed by atoms with E-state index in [2.05, 4.69) is 10.2 Å². The Bertz CT molecular complexity index is 552. The zero-order valence-corrected chi connectivity index (χ0v) is 9.17. The number of rotatable bonds is 1. The first-order chi connectivity index (χ1) is 8.24. The summed E-state index contributed by atoms with van der Waals surface area (Å²) in [5.74, 6) is 1.18. The molecule has 1 atom stereocenters. The van der Waals surface area contributed by atoms with Gasteiger partial charge in [-0.15, -0.1) is 10.2 Å². The van der Waals surface area contributed by atoms with Gasteiger partial charge in [-0.3, -0.25) is 0 Å². The summed E-state index contributed by atoms with van der Waals surface area (Å²) in [7, 11) is 0. The third-order valence-corrected chi connectivity index (χ3v) is 3.00. The van der Waals surface area contributed by atoms with Crippen LogP contribution < -0.4 is 0 Å². The Morgan fingerprint density at radius 3 is 3.06 bits per heavy atom. The summed E-state index contributed by atoms with van der Waals surface area (Å²) in [5.41, 5.74) is 0.692. The Morgan fingerprint density at radius 2 is 2.24 bits per heavy atom. The molecule has 1 unspecified atom stereocenters. The number of benzene rings is 1. The molecule has 5 heteroatoms. The topological polar surface area (TPSA) is 50.9 Å². The van der Waals surface area contributed by atoms with Crippen LogP contribution in [0.2, 0.25) is 0 Å².